The molecule has 0 spiro atoms. The van der Waals surface area contributed by atoms with Gasteiger partial charge in [0.1, 0.15) is 0 Å². The molecule has 0 atom stereocenters. The number of benzene rings is 2. The summed E-state index contributed by atoms with van der Waals surface area (Å²) in [4.78, 5) is 0. The highest BCUT2D eigenvalue weighted by Gasteiger charge is 2.02. The second kappa shape index (κ2) is 5.96. The largest absolute Gasteiger partial charge is 0.380 e. The summed E-state index contributed by atoms with van der Waals surface area (Å²) in [7, 11) is 0. The first kappa shape index (κ1) is 13.7. The lowest BCUT2D eigenvalue weighted by Gasteiger charge is -2.09. The summed E-state index contributed by atoms with van der Waals surface area (Å²) in [5.74, 6) is 0. The SMILES string of the molecule is Cc1ccc(NCc2ccc(Br)c(Cl)c2)c(Cl)c1. The number of nitrogens with one attached hydrogen (secondary N) is 1. The van der Waals surface area contributed by atoms with E-state index in [0.717, 1.165) is 26.3 Å². The molecular formula is C14H12BrCl2N. The Morgan fingerprint density at radius 1 is 1.06 bits per heavy atom. The molecule has 0 aromatic heterocycles. The van der Waals surface area contributed by atoms with Gasteiger partial charge in [0, 0.05) is 11.0 Å². The van der Waals surface area contributed by atoms with E-state index in [0.29, 0.717) is 11.6 Å². The van der Waals surface area contributed by atoms with E-state index < -0.39 is 0 Å². The highest BCUT2D eigenvalue weighted by Crippen LogP contribution is 2.25. The second-order valence-corrected chi connectivity index (χ2v) is 5.75. The monoisotopic (exact) mass is 343 g/mol. The van der Waals surface area contributed by atoms with Gasteiger partial charge in [-0.1, -0.05) is 35.3 Å². The average Bonchev–Trinajstić information content (AvgIpc) is 2.32. The van der Waals surface area contributed by atoms with E-state index >= 15 is 0 Å². The molecule has 1 nitrogen and oxygen atoms in total. The minimum absolute atomic E-state index is 0.690. The van der Waals surface area contributed by atoms with Crippen LogP contribution in [0.3, 0.4) is 0 Å². The number of hydrogen-bond acceptors (Lipinski definition) is 1. The van der Waals surface area contributed by atoms with Gasteiger partial charge in [-0.15, -0.1) is 0 Å². The Morgan fingerprint density at radius 3 is 2.50 bits per heavy atom. The van der Waals surface area contributed by atoms with E-state index in [1.165, 1.54) is 0 Å². The van der Waals surface area contributed by atoms with Crippen molar-refractivity contribution < 1.29 is 0 Å². The maximum Gasteiger partial charge on any atom is 0.0640 e. The third-order valence-electron chi connectivity index (χ3n) is 2.59. The van der Waals surface area contributed by atoms with E-state index in [1.54, 1.807) is 0 Å². The Labute approximate surface area is 125 Å². The number of hydrogen-bond donors (Lipinski definition) is 1. The van der Waals surface area contributed by atoms with E-state index in [4.69, 9.17) is 23.2 Å². The molecule has 0 saturated heterocycles. The smallest absolute Gasteiger partial charge is 0.0640 e. The molecule has 2 aromatic rings. The molecular weight excluding hydrogens is 333 g/mol. The van der Waals surface area contributed by atoms with Crippen molar-refractivity contribution in [2.75, 3.05) is 5.32 Å². The highest BCUT2D eigenvalue weighted by molar-refractivity contribution is 9.10. The first-order valence-corrected chi connectivity index (χ1v) is 7.05. The fraction of sp³-hybridized carbons (Fsp3) is 0.143. The van der Waals surface area contributed by atoms with Gasteiger partial charge in [-0.25, -0.2) is 0 Å². The molecule has 2 rings (SSSR count). The molecule has 1 N–H and O–H groups in total. The number of halogens is 3. The van der Waals surface area contributed by atoms with Crippen LogP contribution in [0.4, 0.5) is 5.69 Å². The second-order valence-electron chi connectivity index (χ2n) is 4.09. The standard InChI is InChI=1S/C14H12BrCl2N/c1-9-2-5-14(13(17)6-9)18-8-10-3-4-11(15)12(16)7-10/h2-7,18H,8H2,1H3. The van der Waals surface area contributed by atoms with Crippen LogP contribution in [0, 0.1) is 6.92 Å². The lowest BCUT2D eigenvalue weighted by Crippen LogP contribution is -2.00. The van der Waals surface area contributed by atoms with Crippen LogP contribution in [0.1, 0.15) is 11.1 Å². The fourth-order valence-electron chi connectivity index (χ4n) is 1.61. The van der Waals surface area contributed by atoms with Crippen LogP contribution >= 0.6 is 39.1 Å². The number of aryl methyl sites for hydroxylation is 1. The summed E-state index contributed by atoms with van der Waals surface area (Å²) in [6.45, 7) is 2.71. The third kappa shape index (κ3) is 3.41. The van der Waals surface area contributed by atoms with Crippen molar-refractivity contribution in [3.05, 3.63) is 62.0 Å². The average molecular weight is 345 g/mol. The molecule has 94 valence electrons. The first-order chi connectivity index (χ1) is 8.56. The van der Waals surface area contributed by atoms with Gasteiger partial charge in [-0.05, 0) is 58.2 Å². The van der Waals surface area contributed by atoms with Crippen LogP contribution in [0.5, 0.6) is 0 Å². The molecule has 0 heterocycles. The maximum absolute atomic E-state index is 6.16. The number of anilines is 1. The molecule has 0 unspecified atom stereocenters. The van der Waals surface area contributed by atoms with Crippen molar-refractivity contribution in [1.82, 2.24) is 0 Å². The van der Waals surface area contributed by atoms with Gasteiger partial charge in [-0.3, -0.25) is 0 Å². The summed E-state index contributed by atoms with van der Waals surface area (Å²) in [5.41, 5.74) is 3.19. The van der Waals surface area contributed by atoms with Gasteiger partial charge < -0.3 is 5.32 Å². The molecule has 0 fully saturated rings. The van der Waals surface area contributed by atoms with Crippen molar-refractivity contribution in [3.8, 4) is 0 Å². The predicted octanol–water partition coefficient (Wildman–Crippen LogP) is 5.68. The Bertz CT molecular complexity index is 570. The lowest BCUT2D eigenvalue weighted by atomic mass is 10.2. The van der Waals surface area contributed by atoms with Crippen molar-refractivity contribution in [3.63, 3.8) is 0 Å². The normalized spacial score (nSPS) is 10.4. The summed E-state index contributed by atoms with van der Waals surface area (Å²) in [6, 6.07) is 11.8. The van der Waals surface area contributed by atoms with Gasteiger partial charge in [0.05, 0.1) is 15.7 Å². The number of rotatable bonds is 3. The summed E-state index contributed by atoms with van der Waals surface area (Å²) >= 11 is 15.6. The zero-order valence-electron chi connectivity index (χ0n) is 9.81. The molecule has 0 amide bonds. The third-order valence-corrected chi connectivity index (χ3v) is 4.14. The topological polar surface area (TPSA) is 12.0 Å². The molecule has 0 aliphatic heterocycles. The molecule has 0 saturated carbocycles. The van der Waals surface area contributed by atoms with E-state index in [-0.39, 0.29) is 0 Å². The maximum atomic E-state index is 6.16. The predicted molar refractivity (Wildman–Crippen MR) is 82.7 cm³/mol. The zero-order chi connectivity index (χ0) is 13.1. The summed E-state index contributed by atoms with van der Waals surface area (Å²) < 4.78 is 0.904. The Kier molecular flexibility index (Phi) is 4.55. The van der Waals surface area contributed by atoms with Crippen LogP contribution in [-0.4, -0.2) is 0 Å². The van der Waals surface area contributed by atoms with Crippen LogP contribution in [0.2, 0.25) is 10.0 Å². The fourth-order valence-corrected chi connectivity index (χ4v) is 2.36. The van der Waals surface area contributed by atoms with Crippen LogP contribution < -0.4 is 5.32 Å². The Morgan fingerprint density at radius 2 is 1.83 bits per heavy atom. The van der Waals surface area contributed by atoms with Crippen molar-refractivity contribution in [2.24, 2.45) is 0 Å². The van der Waals surface area contributed by atoms with Crippen LogP contribution in [0.15, 0.2) is 40.9 Å². The molecule has 18 heavy (non-hydrogen) atoms. The lowest BCUT2D eigenvalue weighted by molar-refractivity contribution is 1.15. The van der Waals surface area contributed by atoms with Crippen LogP contribution in [0.25, 0.3) is 0 Å². The summed E-state index contributed by atoms with van der Waals surface area (Å²) in [6.07, 6.45) is 0. The summed E-state index contributed by atoms with van der Waals surface area (Å²) in [5, 5.41) is 4.74. The minimum atomic E-state index is 0.690. The van der Waals surface area contributed by atoms with E-state index in [2.05, 4.69) is 21.2 Å². The van der Waals surface area contributed by atoms with Crippen LogP contribution in [-0.2, 0) is 6.54 Å². The van der Waals surface area contributed by atoms with Gasteiger partial charge in [0.15, 0.2) is 0 Å². The van der Waals surface area contributed by atoms with E-state index in [1.807, 2.05) is 43.3 Å². The molecule has 0 radical (unpaired) electrons. The first-order valence-electron chi connectivity index (χ1n) is 5.50. The zero-order valence-corrected chi connectivity index (χ0v) is 12.9. The molecule has 0 bridgehead atoms. The molecule has 4 heteroatoms. The molecule has 2 aromatic carbocycles. The Balaban J connectivity index is 2.09. The minimum Gasteiger partial charge on any atom is -0.380 e. The molecule has 0 aliphatic carbocycles. The van der Waals surface area contributed by atoms with Gasteiger partial charge in [0.2, 0.25) is 0 Å². The van der Waals surface area contributed by atoms with E-state index in [9.17, 15) is 0 Å². The highest BCUT2D eigenvalue weighted by atomic mass is 79.9. The quantitative estimate of drug-likeness (QED) is 0.755. The van der Waals surface area contributed by atoms with Gasteiger partial charge >= 0.3 is 0 Å². The van der Waals surface area contributed by atoms with Gasteiger partial charge in [-0.2, -0.15) is 0 Å². The van der Waals surface area contributed by atoms with Crippen molar-refractivity contribution in [2.45, 2.75) is 13.5 Å². The van der Waals surface area contributed by atoms with Crippen molar-refractivity contribution in [1.29, 1.82) is 0 Å². The molecule has 0 aliphatic rings. The Hall–Kier alpha value is -0.700. The van der Waals surface area contributed by atoms with Crippen molar-refractivity contribution >= 4 is 44.8 Å². The van der Waals surface area contributed by atoms with Gasteiger partial charge in [0.25, 0.3) is 0 Å².